The predicted molar refractivity (Wildman–Crippen MR) is 123 cm³/mol. The summed E-state index contributed by atoms with van der Waals surface area (Å²) >= 11 is 6.14. The lowest BCUT2D eigenvalue weighted by Crippen LogP contribution is -2.48. The van der Waals surface area contributed by atoms with Gasteiger partial charge in [0.15, 0.2) is 0 Å². The lowest BCUT2D eigenvalue weighted by Gasteiger charge is -2.35. The first-order valence-electron chi connectivity index (χ1n) is 10.5. The van der Waals surface area contributed by atoms with Crippen molar-refractivity contribution < 1.29 is 31.9 Å². The van der Waals surface area contributed by atoms with E-state index >= 15 is 0 Å². The number of hydrogen-bond donors (Lipinski definition) is 2. The maximum atomic E-state index is 13.4. The summed E-state index contributed by atoms with van der Waals surface area (Å²) in [5.74, 6) is -0.617. The Kier molecular flexibility index (Phi) is 6.59. The molecule has 2 aromatic rings. The molecule has 1 fully saturated rings. The van der Waals surface area contributed by atoms with Crippen LogP contribution in [0.15, 0.2) is 47.4 Å². The average molecular weight is 512 g/mol. The van der Waals surface area contributed by atoms with Crippen molar-refractivity contribution in [3.63, 3.8) is 0 Å². The second kappa shape index (κ2) is 9.30. The maximum Gasteiger partial charge on any atom is 0.411 e. The first-order valence-corrected chi connectivity index (χ1v) is 12.3. The number of ether oxygens (including phenoxy) is 2. The number of nitrogens with zero attached hydrogens (tertiary/aromatic N) is 1. The summed E-state index contributed by atoms with van der Waals surface area (Å²) < 4.78 is 52.4. The van der Waals surface area contributed by atoms with Crippen molar-refractivity contribution in [1.29, 1.82) is 0 Å². The summed E-state index contributed by atoms with van der Waals surface area (Å²) in [4.78, 5) is 22.9. The molecular formula is C22H23ClFN3O6S. The molecule has 0 saturated heterocycles. The number of carbonyl (C=O) groups excluding carboxylic acids is 2. The summed E-state index contributed by atoms with van der Waals surface area (Å²) in [6, 6.07) is 8.95. The Labute approximate surface area is 201 Å². The molecule has 1 atom stereocenters. The Hall–Kier alpha value is -3.05. The lowest BCUT2D eigenvalue weighted by atomic mass is 10.2. The largest absolute Gasteiger partial charge is 0.484 e. The van der Waals surface area contributed by atoms with Gasteiger partial charge in [-0.05, 0) is 55.3 Å². The first kappa shape index (κ1) is 24.1. The molecule has 0 spiro atoms. The fourth-order valence-corrected chi connectivity index (χ4v) is 4.99. The third-order valence-corrected chi connectivity index (χ3v) is 7.65. The molecule has 182 valence electrons. The van der Waals surface area contributed by atoms with Crippen molar-refractivity contribution in [1.82, 2.24) is 5.32 Å². The van der Waals surface area contributed by atoms with Crippen molar-refractivity contribution in [2.45, 2.75) is 35.6 Å². The Bertz CT molecular complexity index is 1200. The highest BCUT2D eigenvalue weighted by Crippen LogP contribution is 2.43. The third kappa shape index (κ3) is 5.53. The van der Waals surface area contributed by atoms with E-state index in [1.54, 1.807) is 0 Å². The van der Waals surface area contributed by atoms with Gasteiger partial charge >= 0.3 is 6.09 Å². The van der Waals surface area contributed by atoms with Crippen LogP contribution >= 0.6 is 11.6 Å². The van der Waals surface area contributed by atoms with Gasteiger partial charge in [0.1, 0.15) is 24.3 Å². The third-order valence-electron chi connectivity index (χ3n) is 5.37. The first-order chi connectivity index (χ1) is 16.1. The Balaban J connectivity index is 1.61. The van der Waals surface area contributed by atoms with Crippen molar-refractivity contribution in [3.05, 3.63) is 48.3 Å². The number of rotatable bonds is 7. The molecule has 0 bridgehead atoms. The minimum absolute atomic E-state index is 0.0738. The minimum atomic E-state index is -4.12. The van der Waals surface area contributed by atoms with Gasteiger partial charge in [0, 0.05) is 12.6 Å². The molecule has 9 nitrogen and oxygen atoms in total. The fraction of sp³-hybridized carbons (Fsp3) is 0.364. The van der Waals surface area contributed by atoms with Gasteiger partial charge in [-0.1, -0.05) is 0 Å². The number of alkyl halides is 1. The van der Waals surface area contributed by atoms with E-state index in [-0.39, 0.29) is 47.6 Å². The predicted octanol–water partition coefficient (Wildman–Crippen LogP) is 3.24. The molecular weight excluding hydrogens is 489 g/mol. The van der Waals surface area contributed by atoms with Crippen LogP contribution in [0.25, 0.3) is 0 Å². The van der Waals surface area contributed by atoms with E-state index < -0.39 is 32.9 Å². The van der Waals surface area contributed by atoms with Gasteiger partial charge in [-0.2, -0.15) is 0 Å². The van der Waals surface area contributed by atoms with E-state index in [1.165, 1.54) is 37.3 Å². The molecule has 12 heteroatoms. The number of halogens is 2. The molecule has 0 radical (unpaired) electrons. The van der Waals surface area contributed by atoms with E-state index in [9.17, 15) is 22.4 Å². The SMILES string of the molecule is CC(=O)NC[C@H]1CN(S(=O)(=O)c2ccc(F)cc2)c2cc(NC(=O)OCC3(Cl)CC3)ccc2O1. The second-order valence-electron chi connectivity index (χ2n) is 8.20. The van der Waals surface area contributed by atoms with Crippen LogP contribution in [0.2, 0.25) is 0 Å². The number of benzene rings is 2. The summed E-state index contributed by atoms with van der Waals surface area (Å²) in [5.41, 5.74) is 0.462. The number of carbonyl (C=O) groups is 2. The normalized spacial score (nSPS) is 18.3. The molecule has 1 aliphatic heterocycles. The number of amides is 2. The minimum Gasteiger partial charge on any atom is -0.484 e. The molecule has 1 aliphatic carbocycles. The van der Waals surface area contributed by atoms with E-state index in [4.69, 9.17) is 21.1 Å². The van der Waals surface area contributed by atoms with Crippen LogP contribution in [-0.4, -0.2) is 51.1 Å². The monoisotopic (exact) mass is 511 g/mol. The number of sulfonamides is 1. The maximum absolute atomic E-state index is 13.4. The van der Waals surface area contributed by atoms with E-state index in [2.05, 4.69) is 10.6 Å². The highest BCUT2D eigenvalue weighted by Gasteiger charge is 2.42. The quantitative estimate of drug-likeness (QED) is 0.552. The molecule has 2 aromatic carbocycles. The number of anilines is 2. The van der Waals surface area contributed by atoms with Gasteiger partial charge in [-0.3, -0.25) is 14.4 Å². The van der Waals surface area contributed by atoms with E-state index in [0.717, 1.165) is 29.3 Å². The summed E-state index contributed by atoms with van der Waals surface area (Å²) in [7, 11) is -4.12. The van der Waals surface area contributed by atoms with Crippen LogP contribution in [0, 0.1) is 5.82 Å². The van der Waals surface area contributed by atoms with Crippen LogP contribution in [0.4, 0.5) is 20.6 Å². The highest BCUT2D eigenvalue weighted by molar-refractivity contribution is 7.92. The van der Waals surface area contributed by atoms with Crippen LogP contribution in [0.1, 0.15) is 19.8 Å². The summed E-state index contributed by atoms with van der Waals surface area (Å²) in [5, 5.41) is 5.17. The van der Waals surface area contributed by atoms with Gasteiger partial charge in [-0.25, -0.2) is 17.6 Å². The Morgan fingerprint density at radius 1 is 1.24 bits per heavy atom. The fourth-order valence-electron chi connectivity index (χ4n) is 3.34. The van der Waals surface area contributed by atoms with Crippen LogP contribution in [0.3, 0.4) is 0 Å². The van der Waals surface area contributed by atoms with Gasteiger partial charge in [-0.15, -0.1) is 11.6 Å². The standard InChI is InChI=1S/C22H23ClFN3O6S/c1-14(28)25-11-17-12-27(34(30,31)18-5-2-15(24)3-6-18)19-10-16(4-7-20(19)33-17)26-21(29)32-13-22(23)8-9-22/h2-7,10,17H,8-9,11-13H2,1H3,(H,25,28)(H,26,29)/t17-/m0/s1. The second-order valence-corrected chi connectivity index (χ2v) is 10.9. The molecule has 2 N–H and O–H groups in total. The molecule has 1 saturated carbocycles. The van der Waals surface area contributed by atoms with Crippen LogP contribution in [-0.2, 0) is 19.6 Å². The number of hydrogen-bond acceptors (Lipinski definition) is 6. The zero-order valence-electron chi connectivity index (χ0n) is 18.2. The average Bonchev–Trinajstić information content (AvgIpc) is 3.53. The Morgan fingerprint density at radius 2 is 1.94 bits per heavy atom. The van der Waals surface area contributed by atoms with Crippen LogP contribution < -0.4 is 19.7 Å². The van der Waals surface area contributed by atoms with Crippen molar-refractivity contribution in [2.75, 3.05) is 29.3 Å². The highest BCUT2D eigenvalue weighted by atomic mass is 35.5. The zero-order valence-corrected chi connectivity index (χ0v) is 19.8. The van der Waals surface area contributed by atoms with Gasteiger partial charge in [0.2, 0.25) is 5.91 Å². The summed E-state index contributed by atoms with van der Waals surface area (Å²) in [6.07, 6.45) is 0.149. The van der Waals surface area contributed by atoms with Crippen molar-refractivity contribution in [2.24, 2.45) is 0 Å². The molecule has 0 unspecified atom stereocenters. The van der Waals surface area contributed by atoms with E-state index in [0.29, 0.717) is 0 Å². The Morgan fingerprint density at radius 3 is 2.59 bits per heavy atom. The molecule has 4 rings (SSSR count). The number of fused-ring (bicyclic) bond motifs is 1. The van der Waals surface area contributed by atoms with E-state index in [1.807, 2.05) is 0 Å². The zero-order chi connectivity index (χ0) is 24.5. The van der Waals surface area contributed by atoms with Crippen molar-refractivity contribution >= 4 is 45.0 Å². The number of nitrogens with one attached hydrogen (secondary N) is 2. The van der Waals surface area contributed by atoms with Crippen molar-refractivity contribution in [3.8, 4) is 5.75 Å². The van der Waals surface area contributed by atoms with Crippen LogP contribution in [0.5, 0.6) is 5.75 Å². The molecule has 1 heterocycles. The summed E-state index contributed by atoms with van der Waals surface area (Å²) in [6.45, 7) is 1.38. The molecule has 2 aliphatic rings. The molecule has 2 amide bonds. The molecule has 0 aromatic heterocycles. The van der Waals surface area contributed by atoms with Gasteiger partial charge < -0.3 is 14.8 Å². The topological polar surface area (TPSA) is 114 Å². The van der Waals surface area contributed by atoms with Gasteiger partial charge in [0.05, 0.1) is 28.5 Å². The molecule has 34 heavy (non-hydrogen) atoms. The van der Waals surface area contributed by atoms with Gasteiger partial charge in [0.25, 0.3) is 10.0 Å². The smallest absolute Gasteiger partial charge is 0.411 e. The lowest BCUT2D eigenvalue weighted by molar-refractivity contribution is -0.119.